The average molecular weight is 609 g/mol. The Morgan fingerprint density at radius 1 is 0.630 bits per heavy atom. The lowest BCUT2D eigenvalue weighted by Crippen LogP contribution is -2.45. The van der Waals surface area contributed by atoms with E-state index in [-0.39, 0.29) is 11.8 Å². The summed E-state index contributed by atoms with van der Waals surface area (Å²) in [6, 6.07) is 19.3. The molecule has 0 aliphatic carbocycles. The first kappa shape index (κ1) is 35.3. The number of carbonyl (C=O) groups is 2. The molecule has 3 aromatic carbocycles. The molecule has 0 unspecified atom stereocenters. The Labute approximate surface area is 276 Å². The Hall–Kier alpha value is -5.16. The maximum atomic E-state index is 13.3. The van der Waals surface area contributed by atoms with Gasteiger partial charge < -0.3 is 10.6 Å². The van der Waals surface area contributed by atoms with E-state index in [2.05, 4.69) is 53.1 Å². The van der Waals surface area contributed by atoms with Crippen LogP contribution in [0.4, 0.5) is 0 Å². The lowest BCUT2D eigenvalue weighted by molar-refractivity contribution is -0.122. The van der Waals surface area contributed by atoms with Gasteiger partial charge in [-0.25, -0.2) is 0 Å². The molecule has 0 heterocycles. The summed E-state index contributed by atoms with van der Waals surface area (Å²) in [4.78, 5) is 26.0. The van der Waals surface area contributed by atoms with Crippen molar-refractivity contribution in [2.24, 2.45) is 0 Å². The molecule has 0 aliphatic rings. The van der Waals surface area contributed by atoms with Crippen LogP contribution in [0.3, 0.4) is 0 Å². The summed E-state index contributed by atoms with van der Waals surface area (Å²) >= 11 is 0. The van der Waals surface area contributed by atoms with Gasteiger partial charge in [0.05, 0.1) is 0 Å². The molecule has 3 rings (SSSR count). The minimum Gasteiger partial charge on any atom is -0.354 e. The lowest BCUT2D eigenvalue weighted by atomic mass is 10.0. The van der Waals surface area contributed by atoms with Crippen molar-refractivity contribution in [2.75, 3.05) is 6.54 Å². The van der Waals surface area contributed by atoms with Gasteiger partial charge in [-0.1, -0.05) is 112 Å². The van der Waals surface area contributed by atoms with Crippen LogP contribution in [0.25, 0.3) is 0 Å². The van der Waals surface area contributed by atoms with Crippen LogP contribution in [0, 0.1) is 48.4 Å². The van der Waals surface area contributed by atoms with Crippen molar-refractivity contribution >= 4 is 11.8 Å². The molecule has 4 nitrogen and oxygen atoms in total. The van der Waals surface area contributed by atoms with E-state index in [1.165, 1.54) is 51.4 Å². The third kappa shape index (κ3) is 12.8. The van der Waals surface area contributed by atoms with Crippen molar-refractivity contribution in [1.82, 2.24) is 10.6 Å². The zero-order valence-corrected chi connectivity index (χ0v) is 27.2. The van der Waals surface area contributed by atoms with E-state index in [4.69, 9.17) is 12.8 Å². The van der Waals surface area contributed by atoms with E-state index < -0.39 is 6.04 Å². The predicted octanol–water partition coefficient (Wildman–Crippen LogP) is 7.60. The van der Waals surface area contributed by atoms with E-state index in [0.717, 1.165) is 35.1 Å². The maximum absolute atomic E-state index is 13.3. The summed E-state index contributed by atoms with van der Waals surface area (Å²) in [5.74, 6) is 17.2. The van der Waals surface area contributed by atoms with Gasteiger partial charge >= 0.3 is 0 Å². The summed E-state index contributed by atoms with van der Waals surface area (Å²) in [6.45, 7) is 4.53. The fourth-order valence-corrected chi connectivity index (χ4v) is 4.89. The monoisotopic (exact) mass is 608 g/mol. The van der Waals surface area contributed by atoms with Gasteiger partial charge in [-0.2, -0.15) is 0 Å². The van der Waals surface area contributed by atoms with Crippen LogP contribution in [0.1, 0.15) is 122 Å². The molecule has 3 aromatic rings. The molecule has 0 fully saturated rings. The van der Waals surface area contributed by atoms with Gasteiger partial charge in [-0.05, 0) is 67.9 Å². The van der Waals surface area contributed by atoms with Gasteiger partial charge in [0.25, 0.3) is 5.91 Å². The smallest absolute Gasteiger partial charge is 0.252 e. The van der Waals surface area contributed by atoms with Gasteiger partial charge in [0.2, 0.25) is 5.91 Å². The molecule has 0 saturated carbocycles. The molecular weight excluding hydrogens is 564 g/mol. The van der Waals surface area contributed by atoms with Crippen molar-refractivity contribution in [3.63, 3.8) is 0 Å². The number of amides is 2. The normalized spacial score (nSPS) is 10.6. The molecule has 46 heavy (non-hydrogen) atoms. The summed E-state index contributed by atoms with van der Waals surface area (Å²) < 4.78 is 0. The van der Waals surface area contributed by atoms with Crippen LogP contribution in [0.2, 0.25) is 0 Å². The van der Waals surface area contributed by atoms with Crippen LogP contribution < -0.4 is 10.6 Å². The Morgan fingerprint density at radius 3 is 1.57 bits per heavy atom. The van der Waals surface area contributed by atoms with Crippen LogP contribution in [-0.2, 0) is 4.79 Å². The Balaban J connectivity index is 1.64. The second-order valence-corrected chi connectivity index (χ2v) is 11.4. The molecule has 234 valence electrons. The maximum Gasteiger partial charge on any atom is 0.252 e. The fourth-order valence-electron chi connectivity index (χ4n) is 4.89. The molecular formula is C42H44N2O2. The quantitative estimate of drug-likeness (QED) is 0.146. The van der Waals surface area contributed by atoms with Crippen molar-refractivity contribution in [1.29, 1.82) is 0 Å². The predicted molar refractivity (Wildman–Crippen MR) is 189 cm³/mol. The van der Waals surface area contributed by atoms with Crippen LogP contribution in [-0.4, -0.2) is 24.4 Å². The van der Waals surface area contributed by atoms with Crippen molar-refractivity contribution in [2.45, 2.75) is 84.1 Å². The van der Waals surface area contributed by atoms with E-state index in [1.54, 1.807) is 19.1 Å². The number of rotatable bonds is 14. The SMILES string of the molecule is C#Cc1cccc(C#Cc2cc(C#Cc3cccc(C#C)c3)cc(C(=O)N[C@@H](C)C(=O)NCCCCCCCCCCCC)c2)c1. The highest BCUT2D eigenvalue weighted by atomic mass is 16.2. The Kier molecular flexibility index (Phi) is 15.3. The molecule has 0 bridgehead atoms. The molecule has 0 aliphatic heterocycles. The minimum atomic E-state index is -0.696. The number of carbonyl (C=O) groups excluding carboxylic acids is 2. The molecule has 2 N–H and O–H groups in total. The zero-order chi connectivity index (χ0) is 33.0. The second kappa shape index (κ2) is 20.0. The number of nitrogens with one attached hydrogen (secondary N) is 2. The zero-order valence-electron chi connectivity index (χ0n) is 27.2. The molecule has 0 spiro atoms. The standard InChI is InChI=1S/C42H44N2O2/c1-5-8-9-10-11-12-13-14-15-16-27-43-41(45)33(4)44-42(46)40-31-38(25-23-36-21-17-19-34(6-2)28-36)30-39(32-40)26-24-37-22-18-20-35(7-3)29-37/h2-3,17-22,28-33H,5,8-16,27H2,1,4H3,(H,43,45)(H,44,46)/t33-/m0/s1. The molecule has 0 aromatic heterocycles. The van der Waals surface area contributed by atoms with Gasteiger partial charge in [0, 0.05) is 45.5 Å². The van der Waals surface area contributed by atoms with E-state index in [0.29, 0.717) is 23.2 Å². The Morgan fingerprint density at radius 2 is 1.07 bits per heavy atom. The van der Waals surface area contributed by atoms with Gasteiger partial charge in [-0.3, -0.25) is 9.59 Å². The van der Waals surface area contributed by atoms with E-state index in [9.17, 15) is 9.59 Å². The highest BCUT2D eigenvalue weighted by molar-refractivity contribution is 5.98. The van der Waals surface area contributed by atoms with Crippen LogP contribution in [0.5, 0.6) is 0 Å². The summed E-state index contributed by atoms with van der Waals surface area (Å²) in [6.07, 6.45) is 23.4. The van der Waals surface area contributed by atoms with Crippen LogP contribution >= 0.6 is 0 Å². The highest BCUT2D eigenvalue weighted by Gasteiger charge is 2.17. The molecule has 0 radical (unpaired) electrons. The first-order valence-corrected chi connectivity index (χ1v) is 16.3. The Bertz CT molecular complexity index is 1590. The highest BCUT2D eigenvalue weighted by Crippen LogP contribution is 2.13. The summed E-state index contributed by atoms with van der Waals surface area (Å²) in [5, 5.41) is 5.78. The van der Waals surface area contributed by atoms with Crippen molar-refractivity contribution in [3.05, 3.63) is 106 Å². The summed E-state index contributed by atoms with van der Waals surface area (Å²) in [5.41, 5.74) is 4.58. The number of unbranched alkanes of at least 4 members (excludes halogenated alkanes) is 9. The number of benzene rings is 3. The number of hydrogen-bond donors (Lipinski definition) is 2. The second-order valence-electron chi connectivity index (χ2n) is 11.4. The van der Waals surface area contributed by atoms with E-state index >= 15 is 0 Å². The number of terminal acetylenes is 2. The van der Waals surface area contributed by atoms with Gasteiger partial charge in [0.15, 0.2) is 0 Å². The third-order valence-corrected chi connectivity index (χ3v) is 7.53. The molecule has 4 heteroatoms. The third-order valence-electron chi connectivity index (χ3n) is 7.53. The first-order chi connectivity index (χ1) is 22.4. The largest absolute Gasteiger partial charge is 0.354 e. The van der Waals surface area contributed by atoms with E-state index in [1.807, 2.05) is 54.6 Å². The minimum absolute atomic E-state index is 0.206. The summed E-state index contributed by atoms with van der Waals surface area (Å²) in [7, 11) is 0. The molecule has 2 amide bonds. The molecule has 0 saturated heterocycles. The molecule has 1 atom stereocenters. The lowest BCUT2D eigenvalue weighted by Gasteiger charge is -2.14. The first-order valence-electron chi connectivity index (χ1n) is 16.3. The van der Waals surface area contributed by atoms with Crippen molar-refractivity contribution < 1.29 is 9.59 Å². The van der Waals surface area contributed by atoms with Crippen LogP contribution in [0.15, 0.2) is 66.7 Å². The fraction of sp³-hybridized carbons (Fsp3) is 0.333. The number of hydrogen-bond acceptors (Lipinski definition) is 2. The van der Waals surface area contributed by atoms with Gasteiger partial charge in [0.1, 0.15) is 6.04 Å². The topological polar surface area (TPSA) is 58.2 Å². The average Bonchev–Trinajstić information content (AvgIpc) is 3.08. The van der Waals surface area contributed by atoms with Gasteiger partial charge in [-0.15, -0.1) is 12.8 Å². The van der Waals surface area contributed by atoms with Crippen molar-refractivity contribution in [3.8, 4) is 48.4 Å².